The molecule has 2 heterocycles. The van der Waals surface area contributed by atoms with Gasteiger partial charge in [-0.25, -0.2) is 0 Å². The molecule has 0 aromatic heterocycles. The number of nitro groups is 1. The molecule has 2 fully saturated rings. The number of carbonyl (C=O) groups excluding carboxylic acids is 1. The lowest BCUT2D eigenvalue weighted by Gasteiger charge is -2.40. The highest BCUT2D eigenvalue weighted by molar-refractivity contribution is 5.80. The largest absolute Gasteiger partial charge is 0.492 e. The molecule has 0 aliphatic carbocycles. The average Bonchev–Trinajstić information content (AvgIpc) is 2.84. The van der Waals surface area contributed by atoms with Gasteiger partial charge in [0.2, 0.25) is 5.91 Å². The molecule has 1 amide bonds. The maximum atomic E-state index is 13.1. The first-order chi connectivity index (χ1) is 15.6. The van der Waals surface area contributed by atoms with Crippen molar-refractivity contribution in [2.45, 2.75) is 19.8 Å². The number of hydrogen-bond acceptors (Lipinski definition) is 6. The molecule has 2 saturated heterocycles. The average molecular weight is 439 g/mol. The summed E-state index contributed by atoms with van der Waals surface area (Å²) in [4.78, 5) is 30.4. The lowest BCUT2D eigenvalue weighted by atomic mass is 9.94. The van der Waals surface area contributed by atoms with E-state index in [1.807, 2.05) is 41.0 Å². The van der Waals surface area contributed by atoms with Gasteiger partial charge in [-0.3, -0.25) is 14.9 Å². The minimum atomic E-state index is -0.338. The number of piperidine rings is 1. The molecule has 2 aromatic rings. The molecular weight excluding hydrogens is 408 g/mol. The number of nitrogens with zero attached hydrogens (tertiary/aromatic N) is 4. The molecule has 0 saturated carbocycles. The molecule has 170 valence electrons. The Labute approximate surface area is 188 Å². The summed E-state index contributed by atoms with van der Waals surface area (Å²) >= 11 is 0. The van der Waals surface area contributed by atoms with Gasteiger partial charge in [-0.05, 0) is 38.0 Å². The van der Waals surface area contributed by atoms with E-state index in [9.17, 15) is 14.9 Å². The number of anilines is 2. The van der Waals surface area contributed by atoms with Gasteiger partial charge in [-0.1, -0.05) is 24.3 Å². The van der Waals surface area contributed by atoms with E-state index >= 15 is 0 Å². The lowest BCUT2D eigenvalue weighted by Crippen LogP contribution is -2.51. The van der Waals surface area contributed by atoms with Crippen molar-refractivity contribution in [3.8, 4) is 5.75 Å². The van der Waals surface area contributed by atoms with Gasteiger partial charge in [0.25, 0.3) is 5.69 Å². The number of amides is 1. The second kappa shape index (κ2) is 9.89. The second-order valence-corrected chi connectivity index (χ2v) is 8.22. The smallest absolute Gasteiger partial charge is 0.292 e. The summed E-state index contributed by atoms with van der Waals surface area (Å²) in [6.45, 7) is 6.88. The minimum Gasteiger partial charge on any atom is -0.492 e. The molecule has 2 aliphatic heterocycles. The van der Waals surface area contributed by atoms with Gasteiger partial charge in [0, 0.05) is 51.3 Å². The van der Waals surface area contributed by atoms with E-state index in [0.29, 0.717) is 38.5 Å². The fourth-order valence-electron chi connectivity index (χ4n) is 4.68. The van der Waals surface area contributed by atoms with Crippen molar-refractivity contribution >= 4 is 23.0 Å². The Balaban J connectivity index is 1.32. The first-order valence-electron chi connectivity index (χ1n) is 11.3. The molecule has 2 aromatic carbocycles. The van der Waals surface area contributed by atoms with Crippen molar-refractivity contribution in [2.75, 3.05) is 55.7 Å². The Hall–Kier alpha value is -3.29. The number of carbonyl (C=O) groups is 1. The van der Waals surface area contributed by atoms with Gasteiger partial charge < -0.3 is 19.4 Å². The highest BCUT2D eigenvalue weighted by Gasteiger charge is 2.32. The first kappa shape index (κ1) is 21.9. The zero-order valence-corrected chi connectivity index (χ0v) is 18.5. The van der Waals surface area contributed by atoms with E-state index in [0.717, 1.165) is 37.4 Å². The molecule has 32 heavy (non-hydrogen) atoms. The second-order valence-electron chi connectivity index (χ2n) is 8.22. The van der Waals surface area contributed by atoms with E-state index in [1.165, 1.54) is 6.07 Å². The van der Waals surface area contributed by atoms with Crippen LogP contribution in [-0.2, 0) is 4.79 Å². The van der Waals surface area contributed by atoms with Crippen LogP contribution in [0.15, 0.2) is 48.5 Å². The van der Waals surface area contributed by atoms with Crippen molar-refractivity contribution in [3.63, 3.8) is 0 Å². The summed E-state index contributed by atoms with van der Waals surface area (Å²) in [5, 5.41) is 11.3. The van der Waals surface area contributed by atoms with Gasteiger partial charge in [0.15, 0.2) is 0 Å². The summed E-state index contributed by atoms with van der Waals surface area (Å²) in [7, 11) is 0. The van der Waals surface area contributed by atoms with Crippen molar-refractivity contribution in [1.82, 2.24) is 4.90 Å². The van der Waals surface area contributed by atoms with Crippen molar-refractivity contribution in [2.24, 2.45) is 5.92 Å². The van der Waals surface area contributed by atoms with Gasteiger partial charge in [0.1, 0.15) is 11.4 Å². The summed E-state index contributed by atoms with van der Waals surface area (Å²) in [6, 6.07) is 14.9. The molecule has 2 aliphatic rings. The van der Waals surface area contributed by atoms with E-state index in [4.69, 9.17) is 4.74 Å². The van der Waals surface area contributed by atoms with Crippen LogP contribution in [0.1, 0.15) is 19.8 Å². The predicted molar refractivity (Wildman–Crippen MR) is 124 cm³/mol. The van der Waals surface area contributed by atoms with Gasteiger partial charge in [-0.2, -0.15) is 0 Å². The van der Waals surface area contributed by atoms with Gasteiger partial charge >= 0.3 is 0 Å². The fourth-order valence-corrected chi connectivity index (χ4v) is 4.68. The zero-order chi connectivity index (χ0) is 22.5. The molecular formula is C24H30N4O4. The third kappa shape index (κ3) is 4.64. The molecule has 0 atom stereocenters. The first-order valence-corrected chi connectivity index (χ1v) is 11.3. The van der Waals surface area contributed by atoms with Crippen LogP contribution in [-0.4, -0.2) is 61.6 Å². The molecule has 8 heteroatoms. The van der Waals surface area contributed by atoms with E-state index in [-0.39, 0.29) is 22.4 Å². The van der Waals surface area contributed by atoms with Crippen molar-refractivity contribution < 1.29 is 14.5 Å². The van der Waals surface area contributed by atoms with Crippen molar-refractivity contribution in [3.05, 3.63) is 58.6 Å². The molecule has 0 bridgehead atoms. The quantitative estimate of drug-likeness (QED) is 0.507. The molecule has 0 spiro atoms. The lowest BCUT2D eigenvalue weighted by molar-refractivity contribution is -0.384. The Bertz CT molecular complexity index is 951. The number of rotatable bonds is 6. The summed E-state index contributed by atoms with van der Waals surface area (Å²) < 4.78 is 5.76. The van der Waals surface area contributed by atoms with Crippen LogP contribution in [0.25, 0.3) is 0 Å². The monoisotopic (exact) mass is 438 g/mol. The highest BCUT2D eigenvalue weighted by Crippen LogP contribution is 2.32. The summed E-state index contributed by atoms with van der Waals surface area (Å²) in [5.74, 6) is 1.08. The Morgan fingerprint density at radius 1 is 0.938 bits per heavy atom. The minimum absolute atomic E-state index is 0.0173. The number of nitro benzene ring substituents is 1. The van der Waals surface area contributed by atoms with Crippen LogP contribution < -0.4 is 14.5 Å². The van der Waals surface area contributed by atoms with Crippen molar-refractivity contribution in [1.29, 1.82) is 0 Å². The van der Waals surface area contributed by atoms with E-state index < -0.39 is 0 Å². The standard InChI is InChI=1S/C24H30N4O4/c1-2-32-23-10-6-5-9-22(23)26-15-17-27(18-16-26)24(29)19-11-13-25(14-12-19)20-7-3-4-8-21(20)28(30)31/h3-10,19H,2,11-18H2,1H3. The molecule has 0 N–H and O–H groups in total. The van der Waals surface area contributed by atoms with Crippen LogP contribution in [0.4, 0.5) is 17.1 Å². The highest BCUT2D eigenvalue weighted by atomic mass is 16.6. The molecule has 8 nitrogen and oxygen atoms in total. The fraction of sp³-hybridized carbons (Fsp3) is 0.458. The van der Waals surface area contributed by atoms with Crippen LogP contribution in [0.5, 0.6) is 5.75 Å². The third-order valence-corrected chi connectivity index (χ3v) is 6.36. The predicted octanol–water partition coefficient (Wildman–Crippen LogP) is 3.56. The molecule has 0 radical (unpaired) electrons. The topological polar surface area (TPSA) is 79.2 Å². The maximum Gasteiger partial charge on any atom is 0.292 e. The van der Waals surface area contributed by atoms with E-state index in [1.54, 1.807) is 12.1 Å². The third-order valence-electron chi connectivity index (χ3n) is 6.36. The Morgan fingerprint density at radius 3 is 2.19 bits per heavy atom. The number of benzene rings is 2. The van der Waals surface area contributed by atoms with Crippen LogP contribution in [0, 0.1) is 16.0 Å². The molecule has 0 unspecified atom stereocenters. The van der Waals surface area contributed by atoms with Gasteiger partial charge in [-0.15, -0.1) is 0 Å². The maximum absolute atomic E-state index is 13.1. The SMILES string of the molecule is CCOc1ccccc1N1CCN(C(=O)C2CCN(c3ccccc3[N+](=O)[O-])CC2)CC1. The number of hydrogen-bond donors (Lipinski definition) is 0. The van der Waals surface area contributed by atoms with Gasteiger partial charge in [0.05, 0.1) is 17.2 Å². The number of piperazine rings is 1. The zero-order valence-electron chi connectivity index (χ0n) is 18.5. The summed E-state index contributed by atoms with van der Waals surface area (Å²) in [5.41, 5.74) is 1.85. The summed E-state index contributed by atoms with van der Waals surface area (Å²) in [6.07, 6.45) is 1.44. The Morgan fingerprint density at radius 2 is 1.53 bits per heavy atom. The van der Waals surface area contributed by atoms with Crippen LogP contribution in [0.3, 0.4) is 0 Å². The van der Waals surface area contributed by atoms with Crippen LogP contribution >= 0.6 is 0 Å². The number of para-hydroxylation sites is 4. The van der Waals surface area contributed by atoms with Crippen LogP contribution in [0.2, 0.25) is 0 Å². The normalized spacial score (nSPS) is 17.3. The Kier molecular flexibility index (Phi) is 6.78. The van der Waals surface area contributed by atoms with E-state index in [2.05, 4.69) is 11.0 Å². The number of ether oxygens (including phenoxy) is 1. The molecule has 4 rings (SSSR count).